The number of carbonyl (C=O) groups excluding carboxylic acids is 1. The monoisotopic (exact) mass is 795 g/mol. The maximum absolute atomic E-state index is 14.5. The zero-order valence-electron chi connectivity index (χ0n) is 31.5. The molecule has 2 atom stereocenters. The predicted octanol–water partition coefficient (Wildman–Crippen LogP) is 8.60. The van der Waals surface area contributed by atoms with E-state index in [4.69, 9.17) is 30.8 Å². The van der Waals surface area contributed by atoms with Crippen molar-refractivity contribution in [3.8, 4) is 40.0 Å². The highest BCUT2D eigenvalue weighted by Crippen LogP contribution is 2.46. The Balaban J connectivity index is 1.25. The van der Waals surface area contributed by atoms with Crippen molar-refractivity contribution in [2.24, 2.45) is 0 Å². The van der Waals surface area contributed by atoms with E-state index in [1.807, 2.05) is 55.5 Å². The molecule has 0 unspecified atom stereocenters. The Kier molecular flexibility index (Phi) is 12.9. The number of methoxy groups -OCH3 is 2. The van der Waals surface area contributed by atoms with Crippen LogP contribution in [0.1, 0.15) is 79.4 Å². The van der Waals surface area contributed by atoms with Crippen molar-refractivity contribution < 1.29 is 42.1 Å². The largest absolute Gasteiger partial charge is 0.481 e. The van der Waals surface area contributed by atoms with Gasteiger partial charge in [-0.1, -0.05) is 73.8 Å². The molecule has 15 heteroatoms. The lowest BCUT2D eigenvalue weighted by Gasteiger charge is -2.23. The van der Waals surface area contributed by atoms with Crippen LogP contribution in [0.25, 0.3) is 22.4 Å². The van der Waals surface area contributed by atoms with Gasteiger partial charge < -0.3 is 34.9 Å². The fourth-order valence-corrected chi connectivity index (χ4v) is 7.64. The van der Waals surface area contributed by atoms with Crippen molar-refractivity contribution in [1.82, 2.24) is 25.5 Å². The second-order valence-corrected chi connectivity index (χ2v) is 14.3. The summed E-state index contributed by atoms with van der Waals surface area (Å²) in [6.45, 7) is 2.95. The zero-order chi connectivity index (χ0) is 40.0. The van der Waals surface area contributed by atoms with Gasteiger partial charge in [0.2, 0.25) is 23.5 Å². The first-order chi connectivity index (χ1) is 26.9. The van der Waals surface area contributed by atoms with Crippen LogP contribution in [0.4, 0.5) is 18.0 Å². The number of aromatic nitrogens is 2. The van der Waals surface area contributed by atoms with Gasteiger partial charge in [0.25, 0.3) is 0 Å². The van der Waals surface area contributed by atoms with E-state index < -0.39 is 29.8 Å². The summed E-state index contributed by atoms with van der Waals surface area (Å²) in [5.74, 6) is -0.277. The number of hydrogen-bond donors (Lipinski definition) is 3. The highest BCUT2D eigenvalue weighted by molar-refractivity contribution is 6.36. The van der Waals surface area contributed by atoms with Crippen LogP contribution in [0.2, 0.25) is 5.02 Å². The average molecular weight is 796 g/mol. The summed E-state index contributed by atoms with van der Waals surface area (Å²) < 4.78 is 60.7. The minimum atomic E-state index is -4.84. The molecule has 1 fully saturated rings. The third-order valence-corrected chi connectivity index (χ3v) is 10.6. The normalized spacial score (nSPS) is 16.4. The Bertz CT molecular complexity index is 2070. The maximum Gasteiger partial charge on any atom is 0.421 e. The van der Waals surface area contributed by atoms with Gasteiger partial charge in [-0.2, -0.15) is 18.2 Å². The number of carbonyl (C=O) groups is 2. The molecule has 2 aliphatic rings. The van der Waals surface area contributed by atoms with Gasteiger partial charge in [0.1, 0.15) is 11.7 Å². The number of nitrogens with zero attached hydrogens (tertiary/aromatic N) is 3. The average Bonchev–Trinajstić information content (AvgIpc) is 3.79. The molecule has 0 radical (unpaired) electrons. The Morgan fingerprint density at radius 2 is 1.70 bits per heavy atom. The molecular formula is C41H45ClF3N5O6. The summed E-state index contributed by atoms with van der Waals surface area (Å²) in [6, 6.07) is 16.0. The minimum Gasteiger partial charge on any atom is -0.481 e. The molecule has 3 N–H and O–H groups in total. The molecule has 11 nitrogen and oxygen atoms in total. The van der Waals surface area contributed by atoms with Crippen LogP contribution in [-0.2, 0) is 30.5 Å². The van der Waals surface area contributed by atoms with Crippen LogP contribution in [0.5, 0.6) is 17.6 Å². The number of ether oxygens (including phenoxy) is 3. The number of amides is 2. The van der Waals surface area contributed by atoms with Gasteiger partial charge in [0, 0.05) is 54.4 Å². The van der Waals surface area contributed by atoms with Gasteiger partial charge in [-0.3, -0.25) is 4.79 Å². The van der Waals surface area contributed by atoms with E-state index in [0.717, 1.165) is 52.5 Å². The third kappa shape index (κ3) is 9.13. The SMILES string of the molecule is CCCCCN(Cc1cc(C(F)(F)F)c(O[C@H]2CCc3c(-c4cccc(-c5ccc(CNC[C@@H]6CCC(=O)N6)c(OC)n5)c4Cl)cccc32)nc1OC)C(=O)O. The first-order valence-electron chi connectivity index (χ1n) is 18.7. The summed E-state index contributed by atoms with van der Waals surface area (Å²) in [7, 11) is 2.83. The summed E-state index contributed by atoms with van der Waals surface area (Å²) in [4.78, 5) is 33.5. The van der Waals surface area contributed by atoms with Crippen molar-refractivity contribution in [3.05, 3.63) is 87.4 Å². The van der Waals surface area contributed by atoms with Crippen molar-refractivity contribution in [2.75, 3.05) is 27.3 Å². The van der Waals surface area contributed by atoms with Crippen LogP contribution in [0.15, 0.2) is 54.6 Å². The third-order valence-electron chi connectivity index (χ3n) is 10.1. The van der Waals surface area contributed by atoms with Gasteiger partial charge in [-0.15, -0.1) is 0 Å². The van der Waals surface area contributed by atoms with Gasteiger partial charge in [0.15, 0.2) is 0 Å². The molecule has 6 rings (SSSR count). The number of alkyl halides is 3. The number of fused-ring (bicyclic) bond motifs is 1. The molecule has 298 valence electrons. The molecule has 0 bridgehead atoms. The summed E-state index contributed by atoms with van der Waals surface area (Å²) >= 11 is 7.11. The van der Waals surface area contributed by atoms with Crippen LogP contribution in [0.3, 0.4) is 0 Å². The Labute approximate surface area is 328 Å². The molecule has 1 aliphatic carbocycles. The zero-order valence-corrected chi connectivity index (χ0v) is 32.2. The molecule has 0 spiro atoms. The van der Waals surface area contributed by atoms with Gasteiger partial charge in [-0.25, -0.2) is 9.78 Å². The molecule has 2 aromatic carbocycles. The number of hydrogen-bond acceptors (Lipinski definition) is 8. The molecule has 4 aromatic rings. The van der Waals surface area contributed by atoms with Crippen molar-refractivity contribution in [2.45, 2.75) is 83.3 Å². The number of halogens is 4. The topological polar surface area (TPSA) is 135 Å². The van der Waals surface area contributed by atoms with Gasteiger partial charge >= 0.3 is 12.3 Å². The lowest BCUT2D eigenvalue weighted by atomic mass is 9.94. The van der Waals surface area contributed by atoms with E-state index in [2.05, 4.69) is 15.6 Å². The van der Waals surface area contributed by atoms with Crippen molar-refractivity contribution in [1.29, 1.82) is 0 Å². The number of carboxylic acid groups (broad SMARTS) is 1. The summed E-state index contributed by atoms with van der Waals surface area (Å²) in [6.07, 6.45) is -2.39. The smallest absolute Gasteiger partial charge is 0.421 e. The number of unbranched alkanes of at least 4 members (excludes halogenated alkanes) is 2. The highest BCUT2D eigenvalue weighted by Gasteiger charge is 2.39. The quantitative estimate of drug-likeness (QED) is 0.0954. The van der Waals surface area contributed by atoms with E-state index in [9.17, 15) is 27.9 Å². The second-order valence-electron chi connectivity index (χ2n) is 13.9. The highest BCUT2D eigenvalue weighted by atomic mass is 35.5. The van der Waals surface area contributed by atoms with E-state index >= 15 is 0 Å². The second kappa shape index (κ2) is 17.8. The van der Waals surface area contributed by atoms with E-state index in [0.29, 0.717) is 66.5 Å². The van der Waals surface area contributed by atoms with Crippen LogP contribution in [0, 0.1) is 0 Å². The van der Waals surface area contributed by atoms with E-state index in [-0.39, 0.29) is 36.5 Å². The first-order valence-corrected chi connectivity index (χ1v) is 19.0. The number of benzene rings is 2. The lowest BCUT2D eigenvalue weighted by molar-refractivity contribution is -0.139. The Hall–Kier alpha value is -5.08. The van der Waals surface area contributed by atoms with Crippen molar-refractivity contribution >= 4 is 23.6 Å². The predicted molar refractivity (Wildman–Crippen MR) is 205 cm³/mol. The lowest BCUT2D eigenvalue weighted by Crippen LogP contribution is -2.35. The van der Waals surface area contributed by atoms with E-state index in [1.165, 1.54) is 7.11 Å². The molecule has 56 heavy (non-hydrogen) atoms. The number of nitrogens with one attached hydrogen (secondary N) is 2. The van der Waals surface area contributed by atoms with Gasteiger partial charge in [-0.05, 0) is 54.5 Å². The van der Waals surface area contributed by atoms with Crippen LogP contribution >= 0.6 is 11.6 Å². The first kappa shape index (κ1) is 40.6. The Morgan fingerprint density at radius 3 is 2.39 bits per heavy atom. The molecule has 3 heterocycles. The Morgan fingerprint density at radius 1 is 0.964 bits per heavy atom. The standard InChI is InChI=1S/C41H45ClF3N5O6/c1-4-5-6-19-50(40(52)53)23-25-20-32(41(43,44)45)39(49-38(25)55-3)56-34-17-15-28-27(9-7-10-29(28)34)30-11-8-12-31(36(30)42)33-16-13-24(37(48-33)54-2)21-46-22-26-14-18-35(51)47-26/h7-13,16,20,26,34,46H,4-6,14-15,17-19,21-23H2,1-3H3,(H,47,51)(H,52,53)/t26-,34-/m0/s1. The fraction of sp³-hybridized carbons (Fsp3) is 0.415. The molecule has 0 saturated carbocycles. The van der Waals surface area contributed by atoms with E-state index in [1.54, 1.807) is 7.11 Å². The molecule has 1 aliphatic heterocycles. The number of pyridine rings is 2. The summed E-state index contributed by atoms with van der Waals surface area (Å²) in [5.41, 5.74) is 4.16. The van der Waals surface area contributed by atoms with Crippen molar-refractivity contribution in [3.63, 3.8) is 0 Å². The summed E-state index contributed by atoms with van der Waals surface area (Å²) in [5, 5.41) is 16.5. The molecular weight excluding hydrogens is 751 g/mol. The maximum atomic E-state index is 14.5. The van der Waals surface area contributed by atoms with Crippen LogP contribution in [-0.4, -0.2) is 65.3 Å². The van der Waals surface area contributed by atoms with Gasteiger partial charge in [0.05, 0.1) is 31.5 Å². The minimum absolute atomic E-state index is 0.0104. The van der Waals surface area contributed by atoms with Crippen LogP contribution < -0.4 is 24.8 Å². The molecule has 1 saturated heterocycles. The molecule has 2 amide bonds. The number of rotatable bonds is 16. The molecule has 2 aromatic heterocycles. The fourth-order valence-electron chi connectivity index (χ4n) is 7.31.